The molecule has 0 aliphatic rings. The van der Waals surface area contributed by atoms with E-state index >= 15 is 0 Å². The molecule has 0 saturated carbocycles. The first-order valence-electron chi connectivity index (χ1n) is 5.34. The number of rotatable bonds is 5. The molecule has 0 aliphatic carbocycles. The van der Waals surface area contributed by atoms with E-state index in [2.05, 4.69) is 32.6 Å². The zero-order valence-corrected chi connectivity index (χ0v) is 9.42. The number of tetrazole rings is 1. The lowest BCUT2D eigenvalue weighted by atomic mass is 10.2. The van der Waals surface area contributed by atoms with Gasteiger partial charge in [0.1, 0.15) is 12.4 Å². The maximum absolute atomic E-state index is 5.11. The van der Waals surface area contributed by atoms with Crippen LogP contribution in [0.5, 0.6) is 0 Å². The van der Waals surface area contributed by atoms with Crippen molar-refractivity contribution < 1.29 is 4.52 Å². The second-order valence-electron chi connectivity index (χ2n) is 3.59. The van der Waals surface area contributed by atoms with Crippen molar-refractivity contribution in [3.8, 4) is 0 Å². The Labute approximate surface area is 92.8 Å². The Bertz CT molecular complexity index is 448. The molecule has 2 rings (SSSR count). The first-order chi connectivity index (χ1) is 7.79. The summed E-state index contributed by atoms with van der Waals surface area (Å²) in [5, 5.41) is 15.0. The molecule has 0 N–H and O–H groups in total. The normalized spacial score (nSPS) is 10.9. The van der Waals surface area contributed by atoms with Crippen LogP contribution in [0.2, 0.25) is 0 Å². The zero-order valence-electron chi connectivity index (χ0n) is 9.42. The third kappa shape index (κ3) is 2.41. The van der Waals surface area contributed by atoms with Crippen molar-refractivity contribution in [3.05, 3.63) is 17.5 Å². The molecule has 0 radical (unpaired) electrons. The van der Waals surface area contributed by atoms with E-state index in [0.29, 0.717) is 18.3 Å². The molecule has 7 nitrogen and oxygen atoms in total. The molecule has 0 aliphatic heterocycles. The van der Waals surface area contributed by atoms with Crippen LogP contribution in [-0.2, 0) is 13.0 Å². The van der Waals surface area contributed by atoms with Gasteiger partial charge >= 0.3 is 0 Å². The van der Waals surface area contributed by atoms with Crippen LogP contribution in [0.1, 0.15) is 37.3 Å². The lowest BCUT2D eigenvalue weighted by Gasteiger charge is -1.94. The molecule has 2 aromatic rings. The Morgan fingerprint density at radius 1 is 1.38 bits per heavy atom. The molecule has 0 unspecified atom stereocenters. The first-order valence-corrected chi connectivity index (χ1v) is 5.34. The van der Waals surface area contributed by atoms with E-state index in [4.69, 9.17) is 4.52 Å². The van der Waals surface area contributed by atoms with Gasteiger partial charge < -0.3 is 4.52 Å². The average Bonchev–Trinajstić information content (AvgIpc) is 2.87. The molecule has 0 spiro atoms. The van der Waals surface area contributed by atoms with Crippen LogP contribution in [0.4, 0.5) is 0 Å². The van der Waals surface area contributed by atoms with E-state index in [1.807, 2.05) is 6.92 Å². The third-order valence-electron chi connectivity index (χ3n) is 2.26. The van der Waals surface area contributed by atoms with Gasteiger partial charge in [0, 0.05) is 6.42 Å². The highest BCUT2D eigenvalue weighted by Gasteiger charge is 2.08. The third-order valence-corrected chi connectivity index (χ3v) is 2.26. The maximum atomic E-state index is 5.11. The van der Waals surface area contributed by atoms with E-state index in [9.17, 15) is 0 Å². The van der Waals surface area contributed by atoms with Crippen molar-refractivity contribution in [1.82, 2.24) is 30.3 Å². The summed E-state index contributed by atoms with van der Waals surface area (Å²) in [4.78, 5) is 4.27. The molecule has 16 heavy (non-hydrogen) atoms. The number of aryl methyl sites for hydroxylation is 2. The zero-order chi connectivity index (χ0) is 11.4. The second kappa shape index (κ2) is 4.82. The number of unbranched alkanes of at least 4 members (excludes halogenated alkanes) is 1. The van der Waals surface area contributed by atoms with Crippen LogP contribution in [0.3, 0.4) is 0 Å². The molecule has 0 amide bonds. The van der Waals surface area contributed by atoms with Gasteiger partial charge in [-0.25, -0.2) is 4.68 Å². The Balaban J connectivity index is 2.00. The minimum Gasteiger partial charge on any atom is -0.339 e. The predicted octanol–water partition coefficient (Wildman–Crippen LogP) is 0.755. The first kappa shape index (κ1) is 10.7. The second-order valence-corrected chi connectivity index (χ2v) is 3.59. The van der Waals surface area contributed by atoms with E-state index in [-0.39, 0.29) is 0 Å². The van der Waals surface area contributed by atoms with Gasteiger partial charge in [-0.15, -0.1) is 5.10 Å². The van der Waals surface area contributed by atoms with E-state index < -0.39 is 0 Å². The minimum absolute atomic E-state index is 0.453. The fourth-order valence-electron chi connectivity index (χ4n) is 1.31. The van der Waals surface area contributed by atoms with E-state index in [1.54, 1.807) is 4.68 Å². The van der Waals surface area contributed by atoms with Gasteiger partial charge in [0.2, 0.25) is 5.89 Å². The van der Waals surface area contributed by atoms with Gasteiger partial charge in [0.25, 0.3) is 0 Å². The van der Waals surface area contributed by atoms with Gasteiger partial charge in [0.05, 0.1) is 0 Å². The molecule has 0 saturated heterocycles. The van der Waals surface area contributed by atoms with Crippen LogP contribution in [-0.4, -0.2) is 30.3 Å². The summed E-state index contributed by atoms with van der Waals surface area (Å²) in [5.74, 6) is 2.03. The van der Waals surface area contributed by atoms with Gasteiger partial charge in [-0.2, -0.15) is 4.98 Å². The fourth-order valence-corrected chi connectivity index (χ4v) is 1.31. The Morgan fingerprint density at radius 2 is 2.25 bits per heavy atom. The van der Waals surface area contributed by atoms with Crippen molar-refractivity contribution in [3.63, 3.8) is 0 Å². The Kier molecular flexibility index (Phi) is 3.23. The SMILES string of the molecule is CCCCc1nc(Cn2nnnc2C)no1. The van der Waals surface area contributed by atoms with Gasteiger partial charge in [-0.05, 0) is 23.8 Å². The lowest BCUT2D eigenvalue weighted by Crippen LogP contribution is -2.05. The summed E-state index contributed by atoms with van der Waals surface area (Å²) in [6.07, 6.45) is 3.01. The van der Waals surface area contributed by atoms with Gasteiger partial charge in [-0.3, -0.25) is 0 Å². The highest BCUT2D eigenvalue weighted by Crippen LogP contribution is 2.04. The van der Waals surface area contributed by atoms with Crippen LogP contribution in [0.25, 0.3) is 0 Å². The largest absolute Gasteiger partial charge is 0.339 e. The van der Waals surface area contributed by atoms with Crippen LogP contribution < -0.4 is 0 Å². The molecule has 0 aromatic carbocycles. The minimum atomic E-state index is 0.453. The van der Waals surface area contributed by atoms with Gasteiger partial charge in [-0.1, -0.05) is 18.5 Å². The van der Waals surface area contributed by atoms with Crippen molar-refractivity contribution in [1.29, 1.82) is 0 Å². The van der Waals surface area contributed by atoms with Crippen LogP contribution >= 0.6 is 0 Å². The summed E-state index contributed by atoms with van der Waals surface area (Å²) in [7, 11) is 0. The molecule has 0 fully saturated rings. The van der Waals surface area contributed by atoms with Crippen molar-refractivity contribution >= 4 is 0 Å². The number of aromatic nitrogens is 6. The summed E-state index contributed by atoms with van der Waals surface area (Å²) in [6.45, 7) is 4.41. The Morgan fingerprint density at radius 3 is 2.94 bits per heavy atom. The molecule has 0 bridgehead atoms. The molecule has 86 valence electrons. The standard InChI is InChI=1S/C9H14N6O/c1-3-4-5-9-10-8(12-16-9)6-15-7(2)11-13-14-15/h3-6H2,1-2H3. The summed E-state index contributed by atoms with van der Waals surface area (Å²) in [6, 6.07) is 0. The molecule has 0 atom stereocenters. The molecular formula is C9H14N6O. The number of nitrogens with zero attached hydrogens (tertiary/aromatic N) is 6. The van der Waals surface area contributed by atoms with Crippen LogP contribution in [0, 0.1) is 6.92 Å². The van der Waals surface area contributed by atoms with E-state index in [1.165, 1.54) is 0 Å². The lowest BCUT2D eigenvalue weighted by molar-refractivity contribution is 0.368. The highest BCUT2D eigenvalue weighted by molar-refractivity contribution is 4.88. The maximum Gasteiger partial charge on any atom is 0.226 e. The van der Waals surface area contributed by atoms with E-state index in [0.717, 1.165) is 25.1 Å². The average molecular weight is 222 g/mol. The van der Waals surface area contributed by atoms with Crippen molar-refractivity contribution in [2.24, 2.45) is 0 Å². The molecular weight excluding hydrogens is 208 g/mol. The molecule has 2 aromatic heterocycles. The summed E-state index contributed by atoms with van der Waals surface area (Å²) in [5.41, 5.74) is 0. The Hall–Kier alpha value is -1.79. The topological polar surface area (TPSA) is 82.5 Å². The highest BCUT2D eigenvalue weighted by atomic mass is 16.5. The number of hydrogen-bond acceptors (Lipinski definition) is 6. The van der Waals surface area contributed by atoms with Crippen molar-refractivity contribution in [2.75, 3.05) is 0 Å². The smallest absolute Gasteiger partial charge is 0.226 e. The number of hydrogen-bond donors (Lipinski definition) is 0. The van der Waals surface area contributed by atoms with Crippen LogP contribution in [0.15, 0.2) is 4.52 Å². The van der Waals surface area contributed by atoms with Crippen molar-refractivity contribution in [2.45, 2.75) is 39.7 Å². The quantitative estimate of drug-likeness (QED) is 0.742. The molecule has 7 heteroatoms. The monoisotopic (exact) mass is 222 g/mol. The summed E-state index contributed by atoms with van der Waals surface area (Å²) < 4.78 is 6.75. The summed E-state index contributed by atoms with van der Waals surface area (Å²) >= 11 is 0. The van der Waals surface area contributed by atoms with Gasteiger partial charge in [0.15, 0.2) is 5.82 Å². The molecule has 2 heterocycles. The fraction of sp³-hybridized carbons (Fsp3) is 0.667. The predicted molar refractivity (Wildman–Crippen MR) is 54.6 cm³/mol.